The lowest BCUT2D eigenvalue weighted by atomic mass is 10.0. The first-order valence-corrected chi connectivity index (χ1v) is 10.8. The summed E-state index contributed by atoms with van der Waals surface area (Å²) in [4.78, 5) is 30.1. The number of pyridine rings is 1. The lowest BCUT2D eigenvalue weighted by Crippen LogP contribution is -2.40. The van der Waals surface area contributed by atoms with Crippen molar-refractivity contribution >= 4 is 27.5 Å². The van der Waals surface area contributed by atoms with Gasteiger partial charge >= 0.3 is 0 Å². The summed E-state index contributed by atoms with van der Waals surface area (Å²) in [5.74, 6) is -0.187. The van der Waals surface area contributed by atoms with Crippen LogP contribution in [0.4, 0.5) is 5.69 Å². The molecule has 1 aliphatic heterocycles. The minimum absolute atomic E-state index is 0.173. The number of amides is 1. The fourth-order valence-electron chi connectivity index (χ4n) is 3.83. The quantitative estimate of drug-likeness (QED) is 0.687. The number of hydrogen-bond acceptors (Lipinski definition) is 4. The third kappa shape index (κ3) is 5.08. The normalized spacial score (nSPS) is 14.6. The number of halogens is 1. The molecular formula is C22H28BrN3O3. The number of aromatic nitrogens is 1. The van der Waals surface area contributed by atoms with Gasteiger partial charge in [-0.2, -0.15) is 0 Å². The number of nitrogens with one attached hydrogen (secondary N) is 2. The van der Waals surface area contributed by atoms with Gasteiger partial charge in [0.15, 0.2) is 0 Å². The van der Waals surface area contributed by atoms with Gasteiger partial charge in [-0.15, -0.1) is 0 Å². The Morgan fingerprint density at radius 1 is 1.28 bits per heavy atom. The zero-order chi connectivity index (χ0) is 21.0. The van der Waals surface area contributed by atoms with Gasteiger partial charge in [0.1, 0.15) is 0 Å². The first kappa shape index (κ1) is 21.6. The van der Waals surface area contributed by atoms with Crippen LogP contribution in [0.25, 0.3) is 0 Å². The number of H-pyrrole nitrogens is 1. The van der Waals surface area contributed by atoms with Gasteiger partial charge < -0.3 is 19.9 Å². The molecule has 2 aromatic rings. The Kier molecular flexibility index (Phi) is 7.14. The summed E-state index contributed by atoms with van der Waals surface area (Å²) in [7, 11) is 0. The third-order valence-electron chi connectivity index (χ3n) is 5.45. The fraction of sp³-hybridized carbons (Fsp3) is 0.455. The molecule has 0 radical (unpaired) electrons. The van der Waals surface area contributed by atoms with E-state index in [1.807, 2.05) is 26.0 Å². The highest BCUT2D eigenvalue weighted by molar-refractivity contribution is 9.10. The van der Waals surface area contributed by atoms with Crippen LogP contribution in [0.3, 0.4) is 0 Å². The lowest BCUT2D eigenvalue weighted by Gasteiger charge is -2.36. The molecule has 2 N–H and O–H groups in total. The number of carbonyl (C=O) groups is 1. The highest BCUT2D eigenvalue weighted by Gasteiger charge is 2.24. The van der Waals surface area contributed by atoms with Crippen molar-refractivity contribution in [1.82, 2.24) is 10.3 Å². The molecule has 2 heterocycles. The van der Waals surface area contributed by atoms with E-state index in [9.17, 15) is 9.59 Å². The Morgan fingerprint density at radius 3 is 2.66 bits per heavy atom. The first-order chi connectivity index (χ1) is 13.9. The molecule has 0 spiro atoms. The van der Waals surface area contributed by atoms with Crippen LogP contribution in [0.15, 0.2) is 33.5 Å². The molecule has 0 aliphatic carbocycles. The molecule has 0 bridgehead atoms. The van der Waals surface area contributed by atoms with Crippen LogP contribution in [-0.2, 0) is 11.3 Å². The molecule has 156 valence electrons. The van der Waals surface area contributed by atoms with E-state index in [2.05, 4.69) is 44.1 Å². The van der Waals surface area contributed by atoms with Gasteiger partial charge in [0, 0.05) is 59.3 Å². The van der Waals surface area contributed by atoms with E-state index < -0.39 is 0 Å². The van der Waals surface area contributed by atoms with Gasteiger partial charge in [-0.1, -0.05) is 22.0 Å². The van der Waals surface area contributed by atoms with Crippen molar-refractivity contribution in [3.63, 3.8) is 0 Å². The average Bonchev–Trinajstić information content (AvgIpc) is 2.70. The smallest absolute Gasteiger partial charge is 0.253 e. The van der Waals surface area contributed by atoms with E-state index in [0.29, 0.717) is 17.2 Å². The Bertz CT molecular complexity index is 935. The van der Waals surface area contributed by atoms with Crippen molar-refractivity contribution in [2.45, 2.75) is 46.2 Å². The van der Waals surface area contributed by atoms with E-state index in [-0.39, 0.29) is 18.0 Å². The summed E-state index contributed by atoms with van der Waals surface area (Å²) in [6.45, 7) is 8.54. The number of hydrogen-bond donors (Lipinski definition) is 2. The number of nitrogens with zero attached hydrogens (tertiary/aromatic N) is 1. The molecular weight excluding hydrogens is 434 g/mol. The molecule has 1 aromatic carbocycles. The van der Waals surface area contributed by atoms with Crippen molar-refractivity contribution < 1.29 is 9.53 Å². The van der Waals surface area contributed by atoms with Crippen LogP contribution < -0.4 is 15.8 Å². The fourth-order valence-corrected chi connectivity index (χ4v) is 4.28. The zero-order valence-corrected chi connectivity index (χ0v) is 18.8. The molecule has 1 fully saturated rings. The minimum Gasteiger partial charge on any atom is -0.381 e. The maximum atomic E-state index is 12.9. The van der Waals surface area contributed by atoms with Crippen LogP contribution >= 0.6 is 15.9 Å². The standard InChI is InChI=1S/C22H28BrN3O3/c1-4-26(18-7-9-29-10-8-18)20-12-17(23)11-19(15(20)3)22(28)24-13-16-6-5-14(2)25-21(16)27/h5-6,11-12,18H,4,7-10,13H2,1-3H3,(H,24,28)(H,25,27). The van der Waals surface area contributed by atoms with E-state index in [0.717, 1.165) is 54.0 Å². The van der Waals surface area contributed by atoms with E-state index in [4.69, 9.17) is 4.74 Å². The number of benzene rings is 1. The molecule has 1 amide bonds. The number of anilines is 1. The van der Waals surface area contributed by atoms with Crippen molar-refractivity contribution in [2.24, 2.45) is 0 Å². The maximum Gasteiger partial charge on any atom is 0.253 e. The van der Waals surface area contributed by atoms with Gasteiger partial charge in [0.2, 0.25) is 0 Å². The summed E-state index contributed by atoms with van der Waals surface area (Å²) in [6, 6.07) is 7.90. The van der Waals surface area contributed by atoms with Crippen molar-refractivity contribution in [3.05, 3.63) is 61.5 Å². The molecule has 7 heteroatoms. The molecule has 0 atom stereocenters. The number of aromatic amines is 1. The molecule has 29 heavy (non-hydrogen) atoms. The summed E-state index contributed by atoms with van der Waals surface area (Å²) >= 11 is 3.57. The predicted octanol–water partition coefficient (Wildman–Crippen LogP) is 3.69. The second-order valence-electron chi connectivity index (χ2n) is 7.41. The van der Waals surface area contributed by atoms with Crippen molar-refractivity contribution in [1.29, 1.82) is 0 Å². The van der Waals surface area contributed by atoms with Crippen LogP contribution in [0.5, 0.6) is 0 Å². The monoisotopic (exact) mass is 461 g/mol. The predicted molar refractivity (Wildman–Crippen MR) is 119 cm³/mol. The van der Waals surface area contributed by atoms with Crippen LogP contribution in [0.2, 0.25) is 0 Å². The van der Waals surface area contributed by atoms with Gasteiger partial charge in [0.25, 0.3) is 11.5 Å². The Morgan fingerprint density at radius 2 is 2.00 bits per heavy atom. The molecule has 0 saturated carbocycles. The van der Waals surface area contributed by atoms with Gasteiger partial charge in [-0.3, -0.25) is 9.59 Å². The van der Waals surface area contributed by atoms with Gasteiger partial charge in [-0.25, -0.2) is 0 Å². The molecule has 0 unspecified atom stereocenters. The molecule has 6 nitrogen and oxygen atoms in total. The second kappa shape index (κ2) is 9.59. The molecule has 3 rings (SSSR count). The molecule has 1 aliphatic rings. The summed E-state index contributed by atoms with van der Waals surface area (Å²) in [5.41, 5.74) is 3.78. The number of carbonyl (C=O) groups excluding carboxylic acids is 1. The Hall–Kier alpha value is -2.12. The second-order valence-corrected chi connectivity index (χ2v) is 8.32. The maximum absolute atomic E-state index is 12.9. The van der Waals surface area contributed by atoms with Crippen molar-refractivity contribution in [3.8, 4) is 0 Å². The SMILES string of the molecule is CCN(c1cc(Br)cc(C(=O)NCc2ccc(C)[nH]c2=O)c1C)C1CCOCC1. The number of aryl methyl sites for hydroxylation is 1. The van der Waals surface area contributed by atoms with Crippen LogP contribution in [0, 0.1) is 13.8 Å². The highest BCUT2D eigenvalue weighted by atomic mass is 79.9. The van der Waals surface area contributed by atoms with E-state index in [1.54, 1.807) is 6.07 Å². The minimum atomic E-state index is -0.187. The Labute approximate surface area is 179 Å². The summed E-state index contributed by atoms with van der Waals surface area (Å²) < 4.78 is 6.37. The Balaban J connectivity index is 1.83. The van der Waals surface area contributed by atoms with Crippen molar-refractivity contribution in [2.75, 3.05) is 24.7 Å². The van der Waals surface area contributed by atoms with Gasteiger partial charge in [0.05, 0.1) is 0 Å². The van der Waals surface area contributed by atoms with Crippen LogP contribution in [0.1, 0.15) is 46.9 Å². The topological polar surface area (TPSA) is 74.4 Å². The lowest BCUT2D eigenvalue weighted by molar-refractivity contribution is 0.0845. The molecule has 1 aromatic heterocycles. The van der Waals surface area contributed by atoms with E-state index >= 15 is 0 Å². The van der Waals surface area contributed by atoms with E-state index in [1.165, 1.54) is 0 Å². The van der Waals surface area contributed by atoms with Crippen LogP contribution in [-0.4, -0.2) is 36.7 Å². The number of ether oxygens (including phenoxy) is 1. The third-order valence-corrected chi connectivity index (χ3v) is 5.91. The first-order valence-electron chi connectivity index (χ1n) is 10.0. The largest absolute Gasteiger partial charge is 0.381 e. The summed E-state index contributed by atoms with van der Waals surface area (Å²) in [5, 5.41) is 2.89. The zero-order valence-electron chi connectivity index (χ0n) is 17.2. The average molecular weight is 462 g/mol. The van der Waals surface area contributed by atoms with Gasteiger partial charge in [-0.05, 0) is 57.4 Å². The number of rotatable bonds is 6. The molecule has 1 saturated heterocycles. The summed E-state index contributed by atoms with van der Waals surface area (Å²) in [6.07, 6.45) is 1.97. The highest BCUT2D eigenvalue weighted by Crippen LogP contribution is 2.31.